The molecule has 2 heteroatoms. The molecule has 0 heterocycles. The van der Waals surface area contributed by atoms with Crippen LogP contribution in [0.2, 0.25) is 0 Å². The predicted octanol–water partition coefficient (Wildman–Crippen LogP) is 3.63. The van der Waals surface area contributed by atoms with Gasteiger partial charge in [-0.25, -0.2) is 0 Å². The summed E-state index contributed by atoms with van der Waals surface area (Å²) < 4.78 is 6.07. The monoisotopic (exact) mass is 260 g/mol. The Labute approximate surface area is 115 Å². The molecule has 1 aromatic rings. The minimum absolute atomic E-state index is 0.00995. The molecule has 3 rings (SSSR count). The average molecular weight is 260 g/mol. The summed E-state index contributed by atoms with van der Waals surface area (Å²) in [6.45, 7) is 0.837. The Balaban J connectivity index is 1.65. The van der Waals surface area contributed by atoms with E-state index in [1.807, 2.05) is 6.07 Å². The van der Waals surface area contributed by atoms with Crippen molar-refractivity contribution in [2.75, 3.05) is 6.61 Å². The summed E-state index contributed by atoms with van der Waals surface area (Å²) in [5.74, 6) is 0.727. The largest absolute Gasteiger partial charge is 0.386 e. The number of aliphatic hydroxyl groups excluding tert-OH is 1. The number of benzene rings is 1. The first-order chi connectivity index (χ1) is 9.34. The summed E-state index contributed by atoms with van der Waals surface area (Å²) in [5.41, 5.74) is 2.37. The van der Waals surface area contributed by atoms with E-state index in [0.717, 1.165) is 37.4 Å². The summed E-state index contributed by atoms with van der Waals surface area (Å²) in [6.07, 6.45) is 8.01. The van der Waals surface area contributed by atoms with E-state index < -0.39 is 6.10 Å². The smallest absolute Gasteiger partial charge is 0.105 e. The molecule has 1 fully saturated rings. The lowest BCUT2D eigenvalue weighted by molar-refractivity contribution is -0.0531. The van der Waals surface area contributed by atoms with E-state index in [2.05, 4.69) is 18.2 Å². The van der Waals surface area contributed by atoms with Gasteiger partial charge in [0.25, 0.3) is 0 Å². The lowest BCUT2D eigenvalue weighted by atomic mass is 10.00. The number of aryl methyl sites for hydroxylation is 1. The maximum atomic E-state index is 10.6. The molecule has 0 spiro atoms. The van der Waals surface area contributed by atoms with Crippen LogP contribution in [0.4, 0.5) is 0 Å². The minimum atomic E-state index is -0.444. The van der Waals surface area contributed by atoms with Crippen LogP contribution in [0.3, 0.4) is 0 Å². The standard InChI is InChI=1S/C17H24O2/c18-17-15-10-4-3-8-14(15)9-5-11-16(17)19-12-13-6-1-2-7-13/h3-4,8,10,13,16-18H,1-2,5-7,9,11-12H2. The molecular weight excluding hydrogens is 236 g/mol. The first-order valence-electron chi connectivity index (χ1n) is 7.72. The zero-order chi connectivity index (χ0) is 13.1. The van der Waals surface area contributed by atoms with E-state index in [-0.39, 0.29) is 6.10 Å². The molecule has 0 aromatic heterocycles. The fourth-order valence-corrected chi connectivity index (χ4v) is 3.51. The minimum Gasteiger partial charge on any atom is -0.386 e. The number of aliphatic hydroxyl groups is 1. The van der Waals surface area contributed by atoms with Gasteiger partial charge in [0.2, 0.25) is 0 Å². The Bertz CT molecular complexity index is 409. The normalized spacial score (nSPS) is 28.1. The third-order valence-electron chi connectivity index (χ3n) is 4.68. The summed E-state index contributed by atoms with van der Waals surface area (Å²) in [5, 5.41) is 10.6. The lowest BCUT2D eigenvalue weighted by Crippen LogP contribution is -2.24. The second kappa shape index (κ2) is 6.06. The molecule has 0 amide bonds. The highest BCUT2D eigenvalue weighted by Crippen LogP contribution is 2.32. The average Bonchev–Trinajstić information content (AvgIpc) is 2.90. The van der Waals surface area contributed by atoms with Gasteiger partial charge in [0, 0.05) is 6.61 Å². The van der Waals surface area contributed by atoms with Crippen molar-refractivity contribution < 1.29 is 9.84 Å². The van der Waals surface area contributed by atoms with Gasteiger partial charge in [0.15, 0.2) is 0 Å². The zero-order valence-electron chi connectivity index (χ0n) is 11.6. The quantitative estimate of drug-likeness (QED) is 0.841. The Hall–Kier alpha value is -0.860. The topological polar surface area (TPSA) is 29.5 Å². The molecule has 2 unspecified atom stereocenters. The Morgan fingerprint density at radius 2 is 1.84 bits per heavy atom. The fourth-order valence-electron chi connectivity index (χ4n) is 3.51. The molecule has 0 aliphatic heterocycles. The van der Waals surface area contributed by atoms with Gasteiger partial charge >= 0.3 is 0 Å². The van der Waals surface area contributed by atoms with Crippen LogP contribution in [-0.4, -0.2) is 17.8 Å². The van der Waals surface area contributed by atoms with Crippen LogP contribution in [0.25, 0.3) is 0 Å². The van der Waals surface area contributed by atoms with Gasteiger partial charge in [-0.1, -0.05) is 37.1 Å². The van der Waals surface area contributed by atoms with Crippen LogP contribution >= 0.6 is 0 Å². The van der Waals surface area contributed by atoms with Gasteiger partial charge in [0.05, 0.1) is 6.10 Å². The predicted molar refractivity (Wildman–Crippen MR) is 76.0 cm³/mol. The maximum Gasteiger partial charge on any atom is 0.105 e. The van der Waals surface area contributed by atoms with E-state index in [0.29, 0.717) is 0 Å². The van der Waals surface area contributed by atoms with Crippen LogP contribution in [0.15, 0.2) is 24.3 Å². The molecule has 19 heavy (non-hydrogen) atoms. The summed E-state index contributed by atoms with van der Waals surface area (Å²) in [7, 11) is 0. The summed E-state index contributed by atoms with van der Waals surface area (Å²) >= 11 is 0. The van der Waals surface area contributed by atoms with Crippen molar-refractivity contribution >= 4 is 0 Å². The van der Waals surface area contributed by atoms with Gasteiger partial charge in [-0.2, -0.15) is 0 Å². The number of hydrogen-bond donors (Lipinski definition) is 1. The molecule has 0 saturated heterocycles. The Kier molecular flexibility index (Phi) is 4.19. The van der Waals surface area contributed by atoms with E-state index in [1.165, 1.54) is 31.2 Å². The third kappa shape index (κ3) is 3.01. The Morgan fingerprint density at radius 1 is 1.05 bits per heavy atom. The van der Waals surface area contributed by atoms with Crippen LogP contribution < -0.4 is 0 Å². The van der Waals surface area contributed by atoms with E-state index in [9.17, 15) is 5.11 Å². The Morgan fingerprint density at radius 3 is 2.68 bits per heavy atom. The van der Waals surface area contributed by atoms with E-state index in [1.54, 1.807) is 0 Å². The second-order valence-electron chi connectivity index (χ2n) is 6.06. The van der Waals surface area contributed by atoms with E-state index in [4.69, 9.17) is 4.74 Å². The van der Waals surface area contributed by atoms with Crippen molar-refractivity contribution in [2.24, 2.45) is 5.92 Å². The molecule has 1 aromatic carbocycles. The van der Waals surface area contributed by atoms with Crippen molar-refractivity contribution in [3.63, 3.8) is 0 Å². The molecule has 2 aliphatic rings. The first-order valence-corrected chi connectivity index (χ1v) is 7.72. The number of fused-ring (bicyclic) bond motifs is 1. The van der Waals surface area contributed by atoms with Crippen LogP contribution in [-0.2, 0) is 11.2 Å². The van der Waals surface area contributed by atoms with Gasteiger partial charge in [-0.05, 0) is 49.1 Å². The van der Waals surface area contributed by atoms with Crippen molar-refractivity contribution in [1.82, 2.24) is 0 Å². The van der Waals surface area contributed by atoms with Crippen molar-refractivity contribution in [2.45, 2.75) is 57.2 Å². The number of rotatable bonds is 3. The van der Waals surface area contributed by atoms with Crippen molar-refractivity contribution in [3.8, 4) is 0 Å². The third-order valence-corrected chi connectivity index (χ3v) is 4.68. The highest BCUT2D eigenvalue weighted by atomic mass is 16.5. The highest BCUT2D eigenvalue weighted by Gasteiger charge is 2.27. The fraction of sp³-hybridized carbons (Fsp3) is 0.647. The molecule has 0 radical (unpaired) electrons. The molecular formula is C17H24O2. The highest BCUT2D eigenvalue weighted by molar-refractivity contribution is 5.30. The summed E-state index contributed by atoms with van der Waals surface area (Å²) in [4.78, 5) is 0. The van der Waals surface area contributed by atoms with Gasteiger partial charge in [0.1, 0.15) is 6.10 Å². The first kappa shape index (κ1) is 13.1. The van der Waals surface area contributed by atoms with Gasteiger partial charge in [-0.15, -0.1) is 0 Å². The van der Waals surface area contributed by atoms with Gasteiger partial charge in [-0.3, -0.25) is 0 Å². The zero-order valence-corrected chi connectivity index (χ0v) is 11.6. The van der Waals surface area contributed by atoms with Crippen LogP contribution in [0.1, 0.15) is 55.8 Å². The van der Waals surface area contributed by atoms with Crippen molar-refractivity contribution in [3.05, 3.63) is 35.4 Å². The number of hydrogen-bond acceptors (Lipinski definition) is 2. The molecule has 2 nitrogen and oxygen atoms in total. The van der Waals surface area contributed by atoms with Crippen LogP contribution in [0.5, 0.6) is 0 Å². The molecule has 1 saturated carbocycles. The molecule has 1 N–H and O–H groups in total. The molecule has 2 atom stereocenters. The van der Waals surface area contributed by atoms with Crippen LogP contribution in [0, 0.1) is 5.92 Å². The maximum absolute atomic E-state index is 10.6. The number of ether oxygens (including phenoxy) is 1. The van der Waals surface area contributed by atoms with Gasteiger partial charge < -0.3 is 9.84 Å². The summed E-state index contributed by atoms with van der Waals surface area (Å²) in [6, 6.07) is 8.27. The van der Waals surface area contributed by atoms with Crippen molar-refractivity contribution in [1.29, 1.82) is 0 Å². The second-order valence-corrected chi connectivity index (χ2v) is 6.06. The molecule has 0 bridgehead atoms. The molecule has 2 aliphatic carbocycles. The SMILES string of the molecule is OC1c2ccccc2CCCC1OCC1CCCC1. The lowest BCUT2D eigenvalue weighted by Gasteiger charge is -2.24. The molecule has 104 valence electrons. The van der Waals surface area contributed by atoms with E-state index >= 15 is 0 Å².